The number of hydrogen-bond acceptors (Lipinski definition) is 3. The van der Waals surface area contributed by atoms with E-state index in [1.165, 1.54) is 5.56 Å². The molecule has 0 spiro atoms. The molecule has 2 rings (SSSR count). The molecule has 1 N–H and O–H groups in total. The molecule has 0 aliphatic carbocycles. The second-order valence-corrected chi connectivity index (χ2v) is 6.23. The minimum Gasteiger partial charge on any atom is -0.490 e. The molecule has 1 unspecified atom stereocenters. The summed E-state index contributed by atoms with van der Waals surface area (Å²) in [5.74, 6) is 1.01. The maximum atomic E-state index is 6.24. The normalized spacial score (nSPS) is 19.4. The Labute approximate surface area is 124 Å². The van der Waals surface area contributed by atoms with Crippen molar-refractivity contribution < 1.29 is 4.74 Å². The molecule has 4 heteroatoms. The quantitative estimate of drug-likeness (QED) is 0.919. The zero-order valence-corrected chi connectivity index (χ0v) is 13.5. The number of hydrogen-bond donors (Lipinski definition) is 1. The molecule has 1 aliphatic heterocycles. The van der Waals surface area contributed by atoms with Crippen LogP contribution in [0.1, 0.15) is 31.4 Å². The van der Waals surface area contributed by atoms with Crippen molar-refractivity contribution in [1.82, 2.24) is 10.2 Å². The summed E-state index contributed by atoms with van der Waals surface area (Å²) in [4.78, 5) is 2.36. The topological polar surface area (TPSA) is 24.5 Å². The van der Waals surface area contributed by atoms with E-state index in [9.17, 15) is 0 Å². The van der Waals surface area contributed by atoms with Crippen molar-refractivity contribution in [2.24, 2.45) is 0 Å². The number of nitrogens with one attached hydrogen (secondary N) is 1. The Bertz CT molecular complexity index is 417. The Morgan fingerprint density at radius 3 is 2.68 bits per heavy atom. The van der Waals surface area contributed by atoms with Crippen molar-refractivity contribution >= 4 is 15.9 Å². The van der Waals surface area contributed by atoms with Crippen LogP contribution in [0.3, 0.4) is 0 Å². The van der Waals surface area contributed by atoms with E-state index < -0.39 is 0 Å². The lowest BCUT2D eigenvalue weighted by Crippen LogP contribution is -2.35. The minimum absolute atomic E-state index is 0.300. The molecule has 1 atom stereocenters. The molecule has 1 fully saturated rings. The first-order chi connectivity index (χ1) is 9.10. The summed E-state index contributed by atoms with van der Waals surface area (Å²) in [5, 5.41) is 3.28. The van der Waals surface area contributed by atoms with Gasteiger partial charge < -0.3 is 15.0 Å². The molecular weight excluding hydrogens is 304 g/mol. The number of halogens is 1. The van der Waals surface area contributed by atoms with Crippen LogP contribution in [0.5, 0.6) is 5.75 Å². The van der Waals surface area contributed by atoms with Gasteiger partial charge >= 0.3 is 0 Å². The van der Waals surface area contributed by atoms with Gasteiger partial charge in [-0.1, -0.05) is 22.0 Å². The molecule has 3 nitrogen and oxygen atoms in total. The van der Waals surface area contributed by atoms with Crippen LogP contribution in [0, 0.1) is 0 Å². The molecule has 19 heavy (non-hydrogen) atoms. The van der Waals surface area contributed by atoms with E-state index in [2.05, 4.69) is 58.3 Å². The Morgan fingerprint density at radius 1 is 1.37 bits per heavy atom. The highest BCUT2D eigenvalue weighted by Crippen LogP contribution is 2.30. The van der Waals surface area contributed by atoms with Crippen LogP contribution in [0.2, 0.25) is 0 Å². The second-order valence-electron chi connectivity index (χ2n) is 5.31. The van der Waals surface area contributed by atoms with Crippen molar-refractivity contribution in [3.8, 4) is 5.75 Å². The van der Waals surface area contributed by atoms with Gasteiger partial charge in [-0.15, -0.1) is 0 Å². The van der Waals surface area contributed by atoms with Crippen molar-refractivity contribution in [3.05, 3.63) is 28.2 Å². The SMILES string of the molecule is CNC(C)c1ccc(Br)cc1OC1CCN(C)CC1. The third-order valence-corrected chi connectivity index (χ3v) is 4.33. The monoisotopic (exact) mass is 326 g/mol. The Morgan fingerprint density at radius 2 is 2.05 bits per heavy atom. The van der Waals surface area contributed by atoms with E-state index in [1.807, 2.05) is 7.05 Å². The van der Waals surface area contributed by atoms with E-state index in [-0.39, 0.29) is 0 Å². The van der Waals surface area contributed by atoms with Gasteiger partial charge in [-0.3, -0.25) is 0 Å². The zero-order valence-electron chi connectivity index (χ0n) is 11.9. The summed E-state index contributed by atoms with van der Waals surface area (Å²) in [6, 6.07) is 6.59. The molecule has 0 saturated carbocycles. The Balaban J connectivity index is 2.11. The van der Waals surface area contributed by atoms with Crippen LogP contribution >= 0.6 is 15.9 Å². The van der Waals surface area contributed by atoms with E-state index in [0.717, 1.165) is 36.2 Å². The maximum Gasteiger partial charge on any atom is 0.125 e. The van der Waals surface area contributed by atoms with Crippen molar-refractivity contribution in [2.75, 3.05) is 27.2 Å². The predicted molar refractivity (Wildman–Crippen MR) is 82.8 cm³/mol. The van der Waals surface area contributed by atoms with Gasteiger partial charge in [-0.25, -0.2) is 0 Å². The highest BCUT2D eigenvalue weighted by Gasteiger charge is 2.20. The molecule has 0 amide bonds. The van der Waals surface area contributed by atoms with Crippen LogP contribution in [-0.4, -0.2) is 38.2 Å². The van der Waals surface area contributed by atoms with Crippen LogP contribution in [-0.2, 0) is 0 Å². The van der Waals surface area contributed by atoms with Crippen LogP contribution in [0.15, 0.2) is 22.7 Å². The highest BCUT2D eigenvalue weighted by molar-refractivity contribution is 9.10. The smallest absolute Gasteiger partial charge is 0.125 e. The van der Waals surface area contributed by atoms with E-state index >= 15 is 0 Å². The van der Waals surface area contributed by atoms with E-state index in [1.54, 1.807) is 0 Å². The molecule has 106 valence electrons. The van der Waals surface area contributed by atoms with E-state index in [0.29, 0.717) is 12.1 Å². The molecule has 1 heterocycles. The number of nitrogens with zero attached hydrogens (tertiary/aromatic N) is 1. The fourth-order valence-electron chi connectivity index (χ4n) is 2.41. The van der Waals surface area contributed by atoms with Crippen molar-refractivity contribution in [2.45, 2.75) is 31.9 Å². The third kappa shape index (κ3) is 3.94. The van der Waals surface area contributed by atoms with Gasteiger partial charge in [-0.2, -0.15) is 0 Å². The van der Waals surface area contributed by atoms with Gasteiger partial charge in [0.1, 0.15) is 11.9 Å². The minimum atomic E-state index is 0.300. The predicted octanol–water partition coefficient (Wildman–Crippen LogP) is 3.20. The lowest BCUT2D eigenvalue weighted by molar-refractivity contribution is 0.113. The molecule has 1 aromatic rings. The third-order valence-electron chi connectivity index (χ3n) is 3.83. The van der Waals surface area contributed by atoms with Crippen LogP contribution in [0.4, 0.5) is 0 Å². The Kier molecular flexibility index (Phi) is 5.25. The van der Waals surface area contributed by atoms with Crippen molar-refractivity contribution in [1.29, 1.82) is 0 Å². The largest absolute Gasteiger partial charge is 0.490 e. The summed E-state index contributed by atoms with van der Waals surface area (Å²) in [7, 11) is 4.15. The molecule has 1 aliphatic rings. The summed E-state index contributed by atoms with van der Waals surface area (Å²) < 4.78 is 7.31. The molecule has 1 saturated heterocycles. The lowest BCUT2D eigenvalue weighted by Gasteiger charge is -2.30. The van der Waals surface area contributed by atoms with Crippen LogP contribution < -0.4 is 10.1 Å². The molecule has 0 aromatic heterocycles. The standard InChI is InChI=1S/C15H23BrN2O/c1-11(17-2)14-5-4-12(16)10-15(14)19-13-6-8-18(3)9-7-13/h4-5,10-11,13,17H,6-9H2,1-3H3. The maximum absolute atomic E-state index is 6.24. The second kappa shape index (κ2) is 6.73. The van der Waals surface area contributed by atoms with Gasteiger partial charge in [0.05, 0.1) is 0 Å². The van der Waals surface area contributed by atoms with Gasteiger partial charge in [0.25, 0.3) is 0 Å². The number of benzene rings is 1. The van der Waals surface area contributed by atoms with Crippen LogP contribution in [0.25, 0.3) is 0 Å². The average molecular weight is 327 g/mol. The van der Waals surface area contributed by atoms with Gasteiger partial charge in [-0.05, 0) is 46.0 Å². The van der Waals surface area contributed by atoms with E-state index in [4.69, 9.17) is 4.74 Å². The summed E-state index contributed by atoms with van der Waals surface area (Å²) in [6.07, 6.45) is 2.56. The highest BCUT2D eigenvalue weighted by atomic mass is 79.9. The lowest BCUT2D eigenvalue weighted by atomic mass is 10.1. The number of likely N-dealkylation sites (tertiary alicyclic amines) is 1. The summed E-state index contributed by atoms with van der Waals surface area (Å²) in [6.45, 7) is 4.40. The fourth-order valence-corrected chi connectivity index (χ4v) is 2.75. The van der Waals surface area contributed by atoms with Gasteiger partial charge in [0.2, 0.25) is 0 Å². The van der Waals surface area contributed by atoms with Gasteiger partial charge in [0, 0.05) is 29.2 Å². The first-order valence-corrected chi connectivity index (χ1v) is 7.71. The first kappa shape index (κ1) is 14.8. The van der Waals surface area contributed by atoms with Crippen molar-refractivity contribution in [3.63, 3.8) is 0 Å². The number of rotatable bonds is 4. The summed E-state index contributed by atoms with van der Waals surface area (Å²) in [5.41, 5.74) is 1.23. The fraction of sp³-hybridized carbons (Fsp3) is 0.600. The number of ether oxygens (including phenoxy) is 1. The average Bonchev–Trinajstić information content (AvgIpc) is 2.41. The molecule has 1 aromatic carbocycles. The molecule has 0 bridgehead atoms. The molecular formula is C15H23BrN2O. The summed E-state index contributed by atoms with van der Waals surface area (Å²) >= 11 is 3.53. The Hall–Kier alpha value is -0.580. The number of piperidine rings is 1. The first-order valence-electron chi connectivity index (χ1n) is 6.92. The van der Waals surface area contributed by atoms with Gasteiger partial charge in [0.15, 0.2) is 0 Å². The zero-order chi connectivity index (χ0) is 13.8. The molecule has 0 radical (unpaired) electrons.